The van der Waals surface area contributed by atoms with Crippen LogP contribution >= 0.6 is 0 Å². The Morgan fingerprint density at radius 1 is 1.50 bits per heavy atom. The van der Waals surface area contributed by atoms with Gasteiger partial charge in [-0.15, -0.1) is 0 Å². The van der Waals surface area contributed by atoms with Crippen LogP contribution in [0.5, 0.6) is 0 Å². The lowest BCUT2D eigenvalue weighted by Gasteiger charge is -2.22. The molecule has 16 heavy (non-hydrogen) atoms. The van der Waals surface area contributed by atoms with E-state index >= 15 is 0 Å². The lowest BCUT2D eigenvalue weighted by molar-refractivity contribution is 0.156. The average Bonchev–Trinajstić information content (AvgIpc) is 2.66. The van der Waals surface area contributed by atoms with Crippen LogP contribution < -0.4 is 5.32 Å². The summed E-state index contributed by atoms with van der Waals surface area (Å²) >= 11 is 0. The summed E-state index contributed by atoms with van der Waals surface area (Å²) in [7, 11) is 0. The molecule has 0 unspecified atom stereocenters. The molecule has 5 heteroatoms. The van der Waals surface area contributed by atoms with E-state index in [4.69, 9.17) is 5.11 Å². The van der Waals surface area contributed by atoms with E-state index in [9.17, 15) is 0 Å². The highest BCUT2D eigenvalue weighted by molar-refractivity contribution is 4.86. The molecule has 92 valence electrons. The molecule has 0 aliphatic carbocycles. The summed E-state index contributed by atoms with van der Waals surface area (Å²) in [5.41, 5.74) is -0.0946. The van der Waals surface area contributed by atoms with E-state index in [2.05, 4.69) is 29.2 Å². The Bertz CT molecular complexity index is 320. The fraction of sp³-hybridized carbons (Fsp3) is 0.818. The molecule has 0 spiro atoms. The quantitative estimate of drug-likeness (QED) is 0.758. The molecule has 1 aromatic rings. The van der Waals surface area contributed by atoms with Crippen LogP contribution in [0.4, 0.5) is 0 Å². The second-order valence-corrected chi connectivity index (χ2v) is 5.14. The number of hydrogen-bond acceptors (Lipinski definition) is 4. The fourth-order valence-electron chi connectivity index (χ4n) is 1.40. The number of nitrogens with one attached hydrogen (secondary N) is 1. The molecule has 0 saturated heterocycles. The number of hydrogen-bond donors (Lipinski definition) is 2. The van der Waals surface area contributed by atoms with Crippen molar-refractivity contribution >= 4 is 0 Å². The summed E-state index contributed by atoms with van der Waals surface area (Å²) < 4.78 is 1.90. The third-order valence-electron chi connectivity index (χ3n) is 2.45. The van der Waals surface area contributed by atoms with Crippen molar-refractivity contribution < 1.29 is 5.11 Å². The summed E-state index contributed by atoms with van der Waals surface area (Å²) in [5, 5.41) is 16.6. The number of aliphatic hydroxyl groups excluding tert-OH is 1. The van der Waals surface area contributed by atoms with Crippen molar-refractivity contribution in [2.75, 3.05) is 13.2 Å². The maximum Gasteiger partial charge on any atom is 0.141 e. The van der Waals surface area contributed by atoms with Gasteiger partial charge in [0.1, 0.15) is 12.2 Å². The van der Waals surface area contributed by atoms with Gasteiger partial charge >= 0.3 is 0 Å². The minimum absolute atomic E-state index is 0.0946. The highest BCUT2D eigenvalue weighted by Gasteiger charge is 2.16. The predicted molar refractivity (Wildman–Crippen MR) is 63.0 cm³/mol. The zero-order chi connectivity index (χ0) is 12.2. The van der Waals surface area contributed by atoms with Gasteiger partial charge < -0.3 is 10.4 Å². The molecule has 0 aliphatic heterocycles. The van der Waals surface area contributed by atoms with Gasteiger partial charge in [0.15, 0.2) is 0 Å². The van der Waals surface area contributed by atoms with Gasteiger partial charge in [0, 0.05) is 24.6 Å². The molecule has 0 aromatic carbocycles. The molecule has 0 amide bonds. The Kier molecular flexibility index (Phi) is 4.44. The van der Waals surface area contributed by atoms with Crippen molar-refractivity contribution in [3.8, 4) is 0 Å². The van der Waals surface area contributed by atoms with Gasteiger partial charge in [-0.2, -0.15) is 5.10 Å². The van der Waals surface area contributed by atoms with Gasteiger partial charge in [-0.3, -0.25) is 0 Å². The highest BCUT2D eigenvalue weighted by atomic mass is 16.3. The third kappa shape index (κ3) is 3.57. The smallest absolute Gasteiger partial charge is 0.141 e. The van der Waals surface area contributed by atoms with Crippen LogP contribution in [0.1, 0.15) is 39.6 Å². The normalized spacial score (nSPS) is 12.4. The first-order chi connectivity index (χ1) is 7.46. The summed E-state index contributed by atoms with van der Waals surface area (Å²) in [6, 6.07) is 0.324. The molecule has 5 nitrogen and oxygen atoms in total. The summed E-state index contributed by atoms with van der Waals surface area (Å²) in [6.45, 7) is 9.82. The van der Waals surface area contributed by atoms with Gasteiger partial charge in [0.25, 0.3) is 0 Å². The van der Waals surface area contributed by atoms with Crippen LogP contribution in [0.15, 0.2) is 6.33 Å². The second-order valence-electron chi connectivity index (χ2n) is 5.14. The van der Waals surface area contributed by atoms with Crippen LogP contribution in [-0.2, 0) is 6.54 Å². The molecule has 0 aliphatic rings. The van der Waals surface area contributed by atoms with Gasteiger partial charge in [0.2, 0.25) is 0 Å². The van der Waals surface area contributed by atoms with Crippen molar-refractivity contribution in [3.05, 3.63) is 12.2 Å². The van der Waals surface area contributed by atoms with E-state index in [-0.39, 0.29) is 12.0 Å². The summed E-state index contributed by atoms with van der Waals surface area (Å²) in [6.07, 6.45) is 1.58. The zero-order valence-corrected chi connectivity index (χ0v) is 10.6. The van der Waals surface area contributed by atoms with Crippen molar-refractivity contribution in [2.45, 2.75) is 40.3 Å². The van der Waals surface area contributed by atoms with Crippen LogP contribution in [0, 0.1) is 5.41 Å². The van der Waals surface area contributed by atoms with E-state index < -0.39 is 0 Å². The van der Waals surface area contributed by atoms with E-state index in [0.29, 0.717) is 12.6 Å². The Labute approximate surface area is 96.9 Å². The monoisotopic (exact) mass is 226 g/mol. The maximum atomic E-state index is 9.12. The van der Waals surface area contributed by atoms with Crippen molar-refractivity contribution in [1.82, 2.24) is 20.1 Å². The van der Waals surface area contributed by atoms with Gasteiger partial charge in [-0.05, 0) is 13.8 Å². The number of aromatic nitrogens is 3. The maximum absolute atomic E-state index is 9.12. The van der Waals surface area contributed by atoms with E-state index in [1.807, 2.05) is 18.5 Å². The number of rotatable bonds is 6. The molecule has 1 heterocycles. The Hall–Kier alpha value is -0.940. The topological polar surface area (TPSA) is 63.0 Å². The first-order valence-corrected chi connectivity index (χ1v) is 5.66. The molecule has 0 radical (unpaired) electrons. The minimum Gasteiger partial charge on any atom is -0.396 e. The standard InChI is InChI=1S/C11H22N4O/c1-9(2)15-10(13-8-14-15)5-12-6-11(3,4)7-16/h8-9,12,16H,5-7H2,1-4H3. The van der Waals surface area contributed by atoms with Gasteiger partial charge in [-0.1, -0.05) is 13.8 Å². The third-order valence-corrected chi connectivity index (χ3v) is 2.45. The summed E-state index contributed by atoms with van der Waals surface area (Å²) in [4.78, 5) is 4.21. The van der Waals surface area contributed by atoms with Gasteiger partial charge in [-0.25, -0.2) is 9.67 Å². The minimum atomic E-state index is -0.0946. The highest BCUT2D eigenvalue weighted by Crippen LogP contribution is 2.12. The molecule has 1 rings (SSSR count). The van der Waals surface area contributed by atoms with Crippen molar-refractivity contribution in [1.29, 1.82) is 0 Å². The van der Waals surface area contributed by atoms with Crippen LogP contribution in [0.25, 0.3) is 0 Å². The van der Waals surface area contributed by atoms with E-state index in [1.54, 1.807) is 6.33 Å². The second kappa shape index (κ2) is 5.41. The fourth-order valence-corrected chi connectivity index (χ4v) is 1.40. The lowest BCUT2D eigenvalue weighted by Crippen LogP contribution is -2.32. The Morgan fingerprint density at radius 2 is 2.19 bits per heavy atom. The molecule has 0 saturated carbocycles. The Balaban J connectivity index is 2.46. The lowest BCUT2D eigenvalue weighted by atomic mass is 9.95. The first kappa shape index (κ1) is 13.1. The van der Waals surface area contributed by atoms with Crippen LogP contribution in [0.2, 0.25) is 0 Å². The summed E-state index contributed by atoms with van der Waals surface area (Å²) in [5.74, 6) is 0.934. The molecule has 0 bridgehead atoms. The molecule has 0 fully saturated rings. The number of nitrogens with zero attached hydrogens (tertiary/aromatic N) is 3. The Morgan fingerprint density at radius 3 is 2.75 bits per heavy atom. The van der Waals surface area contributed by atoms with E-state index in [1.165, 1.54) is 0 Å². The van der Waals surface area contributed by atoms with E-state index in [0.717, 1.165) is 12.4 Å². The van der Waals surface area contributed by atoms with Crippen molar-refractivity contribution in [3.63, 3.8) is 0 Å². The molecular weight excluding hydrogens is 204 g/mol. The van der Waals surface area contributed by atoms with Crippen LogP contribution in [-0.4, -0.2) is 33.0 Å². The largest absolute Gasteiger partial charge is 0.396 e. The first-order valence-electron chi connectivity index (χ1n) is 5.66. The SMILES string of the molecule is CC(C)n1ncnc1CNCC(C)(C)CO. The molecular formula is C11H22N4O. The molecule has 1 aromatic heterocycles. The van der Waals surface area contributed by atoms with Gasteiger partial charge in [0.05, 0.1) is 6.54 Å². The van der Waals surface area contributed by atoms with Crippen molar-refractivity contribution in [2.24, 2.45) is 5.41 Å². The average molecular weight is 226 g/mol. The molecule has 0 atom stereocenters. The van der Waals surface area contributed by atoms with Crippen LogP contribution in [0.3, 0.4) is 0 Å². The predicted octanol–water partition coefficient (Wildman–Crippen LogP) is 0.967. The zero-order valence-electron chi connectivity index (χ0n) is 10.6. The number of aliphatic hydroxyl groups is 1. The molecule has 2 N–H and O–H groups in total.